The molecular weight excluding hydrogens is 434 g/mol. The Hall–Kier alpha value is -3.20. The van der Waals surface area contributed by atoms with Gasteiger partial charge in [-0.3, -0.25) is 4.79 Å². The molecule has 0 heterocycles. The van der Waals surface area contributed by atoms with Gasteiger partial charge in [0, 0.05) is 0 Å². The zero-order chi connectivity index (χ0) is 22.6. The van der Waals surface area contributed by atoms with Gasteiger partial charge in [0.05, 0.1) is 16.4 Å². The van der Waals surface area contributed by atoms with E-state index >= 15 is 0 Å². The molecule has 0 fully saturated rings. The monoisotopic (exact) mass is 451 g/mol. The number of sulfonamides is 1. The molecule has 162 valence electrons. The van der Waals surface area contributed by atoms with Crippen molar-refractivity contribution in [1.29, 1.82) is 0 Å². The van der Waals surface area contributed by atoms with Crippen molar-refractivity contribution in [1.82, 2.24) is 4.72 Å². The average molecular weight is 451 g/mol. The first-order chi connectivity index (χ1) is 14.6. The van der Waals surface area contributed by atoms with E-state index in [4.69, 9.17) is 0 Å². The maximum absolute atomic E-state index is 13.2. The number of alkyl halides is 3. The standard InChI is InChI=1S/C22H17F4NO3S/c23-18-11-9-15(10-12-18)13-20(16-5-2-1-3-6-16)21(28)27-31(29,30)19-8-4-7-17(14-19)22(24,25)26/h1-12,14,20H,13H2,(H,27,28). The van der Waals surface area contributed by atoms with Crippen LogP contribution >= 0.6 is 0 Å². The smallest absolute Gasteiger partial charge is 0.273 e. The van der Waals surface area contributed by atoms with Crippen LogP contribution < -0.4 is 4.72 Å². The van der Waals surface area contributed by atoms with Gasteiger partial charge in [0.1, 0.15) is 5.82 Å². The molecule has 0 bridgehead atoms. The minimum atomic E-state index is -4.73. The van der Waals surface area contributed by atoms with E-state index in [2.05, 4.69) is 0 Å². The van der Waals surface area contributed by atoms with Gasteiger partial charge in [-0.15, -0.1) is 0 Å². The van der Waals surface area contributed by atoms with E-state index in [0.29, 0.717) is 17.2 Å². The van der Waals surface area contributed by atoms with E-state index in [1.807, 2.05) is 4.72 Å². The van der Waals surface area contributed by atoms with E-state index in [1.165, 1.54) is 24.3 Å². The molecule has 0 saturated carbocycles. The van der Waals surface area contributed by atoms with E-state index in [0.717, 1.165) is 18.2 Å². The Morgan fingerprint density at radius 3 is 2.16 bits per heavy atom. The topological polar surface area (TPSA) is 63.2 Å². The molecule has 1 atom stereocenters. The first-order valence-corrected chi connectivity index (χ1v) is 10.6. The molecule has 31 heavy (non-hydrogen) atoms. The zero-order valence-corrected chi connectivity index (χ0v) is 16.8. The largest absolute Gasteiger partial charge is 0.416 e. The van der Waals surface area contributed by atoms with Gasteiger partial charge in [-0.05, 0) is 47.9 Å². The molecule has 0 aliphatic rings. The van der Waals surface area contributed by atoms with Gasteiger partial charge < -0.3 is 0 Å². The minimum absolute atomic E-state index is 0.0637. The van der Waals surface area contributed by atoms with Crippen molar-refractivity contribution in [2.75, 3.05) is 0 Å². The van der Waals surface area contributed by atoms with Crippen LogP contribution in [0.5, 0.6) is 0 Å². The summed E-state index contributed by atoms with van der Waals surface area (Å²) in [7, 11) is -4.55. The van der Waals surface area contributed by atoms with Crippen molar-refractivity contribution in [2.24, 2.45) is 0 Å². The van der Waals surface area contributed by atoms with E-state index in [-0.39, 0.29) is 6.42 Å². The second-order valence-electron chi connectivity index (χ2n) is 6.79. The van der Waals surface area contributed by atoms with Crippen LogP contribution in [0.3, 0.4) is 0 Å². The van der Waals surface area contributed by atoms with Crippen molar-refractivity contribution in [3.8, 4) is 0 Å². The summed E-state index contributed by atoms with van der Waals surface area (Å²) in [5.41, 5.74) is -0.0563. The van der Waals surface area contributed by atoms with Gasteiger partial charge >= 0.3 is 6.18 Å². The van der Waals surface area contributed by atoms with Gasteiger partial charge in [-0.25, -0.2) is 17.5 Å². The predicted molar refractivity (Wildman–Crippen MR) is 106 cm³/mol. The highest BCUT2D eigenvalue weighted by molar-refractivity contribution is 7.90. The van der Waals surface area contributed by atoms with Crippen molar-refractivity contribution >= 4 is 15.9 Å². The lowest BCUT2D eigenvalue weighted by Crippen LogP contribution is -2.35. The molecule has 0 aliphatic carbocycles. The highest BCUT2D eigenvalue weighted by Crippen LogP contribution is 2.30. The number of benzene rings is 3. The quantitative estimate of drug-likeness (QED) is 0.554. The van der Waals surface area contributed by atoms with Crippen LogP contribution in [-0.4, -0.2) is 14.3 Å². The van der Waals surface area contributed by atoms with Crippen LogP contribution in [0.25, 0.3) is 0 Å². The molecule has 3 rings (SSSR count). The Balaban J connectivity index is 1.90. The molecule has 1 amide bonds. The Kier molecular flexibility index (Phi) is 6.45. The highest BCUT2D eigenvalue weighted by atomic mass is 32.2. The lowest BCUT2D eigenvalue weighted by Gasteiger charge is -2.18. The fraction of sp³-hybridized carbons (Fsp3) is 0.136. The van der Waals surface area contributed by atoms with Gasteiger partial charge in [-0.1, -0.05) is 48.5 Å². The highest BCUT2D eigenvalue weighted by Gasteiger charge is 2.32. The van der Waals surface area contributed by atoms with Crippen molar-refractivity contribution < 1.29 is 30.8 Å². The van der Waals surface area contributed by atoms with Gasteiger partial charge in [-0.2, -0.15) is 13.2 Å². The number of hydrogen-bond donors (Lipinski definition) is 1. The Morgan fingerprint density at radius 2 is 1.55 bits per heavy atom. The summed E-state index contributed by atoms with van der Waals surface area (Å²) in [6, 6.07) is 16.8. The molecule has 3 aromatic rings. The molecule has 0 spiro atoms. The molecule has 0 aliphatic heterocycles. The lowest BCUT2D eigenvalue weighted by atomic mass is 9.91. The molecule has 1 N–H and O–H groups in total. The van der Waals surface area contributed by atoms with Gasteiger partial charge in [0.25, 0.3) is 10.0 Å². The Bertz CT molecular complexity index is 1160. The third kappa shape index (κ3) is 5.69. The fourth-order valence-electron chi connectivity index (χ4n) is 3.01. The Labute approximate surface area is 176 Å². The summed E-state index contributed by atoms with van der Waals surface area (Å²) < 4.78 is 79.1. The van der Waals surface area contributed by atoms with E-state index in [1.54, 1.807) is 30.3 Å². The summed E-state index contributed by atoms with van der Waals surface area (Å²) in [4.78, 5) is 12.2. The van der Waals surface area contributed by atoms with Crippen molar-refractivity contribution in [3.05, 3.63) is 101 Å². The van der Waals surface area contributed by atoms with Crippen LogP contribution in [-0.2, 0) is 27.4 Å². The van der Waals surface area contributed by atoms with Crippen LogP contribution in [0.15, 0.2) is 83.8 Å². The normalized spacial score (nSPS) is 12.9. The Morgan fingerprint density at radius 1 is 0.903 bits per heavy atom. The maximum atomic E-state index is 13.2. The van der Waals surface area contributed by atoms with Gasteiger partial charge in [0.2, 0.25) is 5.91 Å². The minimum Gasteiger partial charge on any atom is -0.273 e. The third-order valence-electron chi connectivity index (χ3n) is 4.58. The first-order valence-electron chi connectivity index (χ1n) is 9.09. The second kappa shape index (κ2) is 8.89. The van der Waals surface area contributed by atoms with Crippen LogP contribution in [0.4, 0.5) is 17.6 Å². The SMILES string of the molecule is O=C(NS(=O)(=O)c1cccc(C(F)(F)F)c1)C(Cc1ccc(F)cc1)c1ccccc1. The molecule has 1 unspecified atom stereocenters. The molecule has 3 aromatic carbocycles. The summed E-state index contributed by atoms with van der Waals surface area (Å²) in [5, 5.41) is 0. The number of carbonyl (C=O) groups excluding carboxylic acids is 1. The maximum Gasteiger partial charge on any atom is 0.416 e. The van der Waals surface area contributed by atoms with Crippen molar-refractivity contribution in [2.45, 2.75) is 23.4 Å². The number of hydrogen-bond acceptors (Lipinski definition) is 3. The first kappa shape index (κ1) is 22.5. The molecular formula is C22H17F4NO3S. The van der Waals surface area contributed by atoms with Crippen molar-refractivity contribution in [3.63, 3.8) is 0 Å². The van der Waals surface area contributed by atoms with E-state index in [9.17, 15) is 30.8 Å². The molecule has 9 heteroatoms. The van der Waals surface area contributed by atoms with E-state index < -0.39 is 44.3 Å². The predicted octanol–water partition coefficient (Wildman–Crippen LogP) is 4.68. The summed E-state index contributed by atoms with van der Waals surface area (Å²) in [5.74, 6) is -2.34. The van der Waals surface area contributed by atoms with Crippen LogP contribution in [0.2, 0.25) is 0 Å². The number of nitrogens with one attached hydrogen (secondary N) is 1. The summed E-state index contributed by atoms with van der Waals surface area (Å²) in [6.07, 6.45) is -4.67. The second-order valence-corrected chi connectivity index (χ2v) is 8.47. The van der Waals surface area contributed by atoms with Crippen LogP contribution in [0, 0.1) is 5.82 Å². The summed E-state index contributed by atoms with van der Waals surface area (Å²) in [6.45, 7) is 0. The third-order valence-corrected chi connectivity index (χ3v) is 5.92. The number of rotatable bonds is 6. The molecule has 0 radical (unpaired) electrons. The average Bonchev–Trinajstić information content (AvgIpc) is 2.73. The number of amides is 1. The summed E-state index contributed by atoms with van der Waals surface area (Å²) >= 11 is 0. The molecule has 4 nitrogen and oxygen atoms in total. The number of carbonyl (C=O) groups is 1. The molecule has 0 saturated heterocycles. The van der Waals surface area contributed by atoms with Gasteiger partial charge in [0.15, 0.2) is 0 Å². The molecule has 0 aromatic heterocycles. The number of halogens is 4. The zero-order valence-electron chi connectivity index (χ0n) is 15.9. The lowest BCUT2D eigenvalue weighted by molar-refractivity contribution is -0.137. The fourth-order valence-corrected chi connectivity index (χ4v) is 4.07. The van der Waals surface area contributed by atoms with Crippen LogP contribution in [0.1, 0.15) is 22.6 Å².